The zero-order valence-corrected chi connectivity index (χ0v) is 13.4. The summed E-state index contributed by atoms with van der Waals surface area (Å²) in [5, 5.41) is 5.66. The molecule has 114 valence electrons. The van der Waals surface area contributed by atoms with Crippen molar-refractivity contribution >= 4 is 24.1 Å². The maximum Gasteiger partial charge on any atom is 0.332 e. The van der Waals surface area contributed by atoms with Gasteiger partial charge in [0.1, 0.15) is 0 Å². The van der Waals surface area contributed by atoms with Gasteiger partial charge in [-0.15, -0.1) is 0 Å². The predicted molar refractivity (Wildman–Crippen MR) is 88.2 cm³/mol. The first-order chi connectivity index (χ1) is 10.2. The maximum absolute atomic E-state index is 12.4. The van der Waals surface area contributed by atoms with E-state index >= 15 is 0 Å². The molecule has 0 bridgehead atoms. The van der Waals surface area contributed by atoms with Gasteiger partial charge in [0.05, 0.1) is 19.4 Å². The van der Waals surface area contributed by atoms with Crippen LogP contribution in [0.15, 0.2) is 42.5 Å². The van der Waals surface area contributed by atoms with Crippen LogP contribution in [0.1, 0.15) is 13.8 Å². The summed E-state index contributed by atoms with van der Waals surface area (Å²) in [4.78, 5) is 0. The first-order valence-electron chi connectivity index (χ1n) is 7.28. The summed E-state index contributed by atoms with van der Waals surface area (Å²) in [5.74, 6) is 0. The quantitative estimate of drug-likeness (QED) is 0.729. The van der Waals surface area contributed by atoms with Gasteiger partial charge in [0, 0.05) is 17.6 Å². The standard InChI is InChI=1S/C16H22NO3P/c1-3-19-21(18,20-4-2)13-12-17-16-11-7-9-14-8-5-6-10-15(14)16/h5-11,17H,3-4,12-13H2,1-2H3. The molecule has 5 heteroatoms. The van der Waals surface area contributed by atoms with Gasteiger partial charge >= 0.3 is 7.60 Å². The Hall–Kier alpha value is -1.35. The molecular formula is C16H22NO3P. The normalized spacial score (nSPS) is 11.7. The molecule has 2 rings (SSSR count). The molecule has 0 aromatic heterocycles. The van der Waals surface area contributed by atoms with Crippen LogP contribution < -0.4 is 5.32 Å². The van der Waals surface area contributed by atoms with E-state index in [0.29, 0.717) is 25.9 Å². The van der Waals surface area contributed by atoms with Crippen molar-refractivity contribution in [2.24, 2.45) is 0 Å². The van der Waals surface area contributed by atoms with Gasteiger partial charge in [0.25, 0.3) is 0 Å². The Morgan fingerprint density at radius 2 is 1.67 bits per heavy atom. The van der Waals surface area contributed by atoms with Gasteiger partial charge in [0.2, 0.25) is 0 Å². The summed E-state index contributed by atoms with van der Waals surface area (Å²) < 4.78 is 23.0. The Balaban J connectivity index is 2.03. The monoisotopic (exact) mass is 307 g/mol. The summed E-state index contributed by atoms with van der Waals surface area (Å²) in [6, 6.07) is 14.3. The lowest BCUT2D eigenvalue weighted by atomic mass is 10.1. The SMILES string of the molecule is CCOP(=O)(CCNc1cccc2ccccc12)OCC. The number of hydrogen-bond donors (Lipinski definition) is 1. The van der Waals surface area contributed by atoms with Crippen LogP contribution >= 0.6 is 7.60 Å². The fraction of sp³-hybridized carbons (Fsp3) is 0.375. The Morgan fingerprint density at radius 3 is 2.38 bits per heavy atom. The average Bonchev–Trinajstić information content (AvgIpc) is 2.48. The second-order valence-corrected chi connectivity index (χ2v) is 6.81. The van der Waals surface area contributed by atoms with Crippen molar-refractivity contribution in [2.75, 3.05) is 31.2 Å². The van der Waals surface area contributed by atoms with E-state index in [-0.39, 0.29) is 0 Å². The average molecular weight is 307 g/mol. The molecule has 0 fully saturated rings. The third-order valence-corrected chi connectivity index (χ3v) is 5.22. The van der Waals surface area contributed by atoms with E-state index in [1.165, 1.54) is 5.39 Å². The van der Waals surface area contributed by atoms with Crippen LogP contribution in [0.2, 0.25) is 0 Å². The van der Waals surface area contributed by atoms with Gasteiger partial charge in [-0.2, -0.15) is 0 Å². The van der Waals surface area contributed by atoms with Gasteiger partial charge in [0.15, 0.2) is 0 Å². The Morgan fingerprint density at radius 1 is 1.00 bits per heavy atom. The van der Waals surface area contributed by atoms with E-state index in [1.54, 1.807) is 0 Å². The number of anilines is 1. The van der Waals surface area contributed by atoms with E-state index in [9.17, 15) is 4.57 Å². The van der Waals surface area contributed by atoms with Gasteiger partial charge in [-0.05, 0) is 25.3 Å². The maximum atomic E-state index is 12.4. The van der Waals surface area contributed by atoms with Crippen molar-refractivity contribution in [2.45, 2.75) is 13.8 Å². The van der Waals surface area contributed by atoms with Crippen molar-refractivity contribution < 1.29 is 13.6 Å². The van der Waals surface area contributed by atoms with Gasteiger partial charge in [-0.25, -0.2) is 0 Å². The molecule has 0 aliphatic rings. The molecule has 0 saturated heterocycles. The van der Waals surface area contributed by atoms with E-state index in [1.807, 2.05) is 38.1 Å². The van der Waals surface area contributed by atoms with Gasteiger partial charge in [-0.3, -0.25) is 4.57 Å². The van der Waals surface area contributed by atoms with Gasteiger partial charge in [-0.1, -0.05) is 36.4 Å². The molecule has 0 heterocycles. The van der Waals surface area contributed by atoms with Crippen molar-refractivity contribution in [3.63, 3.8) is 0 Å². The van der Waals surface area contributed by atoms with E-state index in [0.717, 1.165) is 11.1 Å². The van der Waals surface area contributed by atoms with E-state index in [2.05, 4.69) is 23.5 Å². The highest BCUT2D eigenvalue weighted by Crippen LogP contribution is 2.47. The fourth-order valence-corrected chi connectivity index (χ4v) is 3.77. The van der Waals surface area contributed by atoms with Crippen molar-refractivity contribution in [3.8, 4) is 0 Å². The topological polar surface area (TPSA) is 47.6 Å². The second kappa shape index (κ2) is 7.60. The molecule has 0 saturated carbocycles. The number of nitrogens with one attached hydrogen (secondary N) is 1. The molecule has 21 heavy (non-hydrogen) atoms. The molecule has 0 amide bonds. The zero-order chi connectivity index (χ0) is 15.1. The third-order valence-electron chi connectivity index (χ3n) is 3.14. The molecule has 0 aliphatic heterocycles. The predicted octanol–water partition coefficient (Wildman–Crippen LogP) is 4.52. The van der Waals surface area contributed by atoms with Crippen LogP contribution in [-0.4, -0.2) is 25.9 Å². The Labute approximate surface area is 126 Å². The third kappa shape index (κ3) is 4.31. The number of hydrogen-bond acceptors (Lipinski definition) is 4. The van der Waals surface area contributed by atoms with Crippen molar-refractivity contribution in [1.29, 1.82) is 0 Å². The summed E-state index contributed by atoms with van der Waals surface area (Å²) in [7, 11) is -2.98. The van der Waals surface area contributed by atoms with Crippen molar-refractivity contribution in [1.82, 2.24) is 0 Å². The van der Waals surface area contributed by atoms with Crippen LogP contribution in [-0.2, 0) is 13.6 Å². The molecule has 1 N–H and O–H groups in total. The Bertz CT molecular complexity index is 614. The highest BCUT2D eigenvalue weighted by Gasteiger charge is 2.22. The molecule has 4 nitrogen and oxygen atoms in total. The van der Waals surface area contributed by atoms with Crippen LogP contribution in [0.5, 0.6) is 0 Å². The van der Waals surface area contributed by atoms with E-state index < -0.39 is 7.60 Å². The minimum Gasteiger partial charge on any atom is -0.384 e. The highest BCUT2D eigenvalue weighted by atomic mass is 31.2. The Kier molecular flexibility index (Phi) is 5.80. The van der Waals surface area contributed by atoms with Crippen LogP contribution in [0.3, 0.4) is 0 Å². The molecular weight excluding hydrogens is 285 g/mol. The van der Waals surface area contributed by atoms with Crippen molar-refractivity contribution in [3.05, 3.63) is 42.5 Å². The summed E-state index contributed by atoms with van der Waals surface area (Å²) in [6.45, 7) is 4.98. The summed E-state index contributed by atoms with van der Waals surface area (Å²) >= 11 is 0. The van der Waals surface area contributed by atoms with Crippen LogP contribution in [0.4, 0.5) is 5.69 Å². The first-order valence-corrected chi connectivity index (χ1v) is 9.01. The lowest BCUT2D eigenvalue weighted by Crippen LogP contribution is -2.10. The second-order valence-electron chi connectivity index (χ2n) is 4.62. The fourth-order valence-electron chi connectivity index (χ4n) is 2.27. The summed E-state index contributed by atoms with van der Waals surface area (Å²) in [6.07, 6.45) is 0.359. The molecule has 0 aliphatic carbocycles. The van der Waals surface area contributed by atoms with Crippen LogP contribution in [0.25, 0.3) is 10.8 Å². The number of fused-ring (bicyclic) bond motifs is 1. The molecule has 0 unspecified atom stereocenters. The molecule has 2 aromatic rings. The lowest BCUT2D eigenvalue weighted by Gasteiger charge is -2.17. The zero-order valence-electron chi connectivity index (χ0n) is 12.5. The molecule has 0 spiro atoms. The van der Waals surface area contributed by atoms with Gasteiger partial charge < -0.3 is 14.4 Å². The largest absolute Gasteiger partial charge is 0.384 e. The minimum absolute atomic E-state index is 0.359. The highest BCUT2D eigenvalue weighted by molar-refractivity contribution is 7.53. The smallest absolute Gasteiger partial charge is 0.332 e. The van der Waals surface area contributed by atoms with E-state index in [4.69, 9.17) is 9.05 Å². The molecule has 2 aromatic carbocycles. The first kappa shape index (κ1) is 16.0. The number of benzene rings is 2. The van der Waals surface area contributed by atoms with Crippen LogP contribution in [0, 0.1) is 0 Å². The lowest BCUT2D eigenvalue weighted by molar-refractivity contribution is 0.221. The number of rotatable bonds is 8. The summed E-state index contributed by atoms with van der Waals surface area (Å²) in [5.41, 5.74) is 1.03. The molecule has 0 radical (unpaired) electrons. The minimum atomic E-state index is -2.98. The molecule has 0 atom stereocenters.